The molecule has 4 nitrogen and oxygen atoms in total. The van der Waals surface area contributed by atoms with Gasteiger partial charge in [-0.1, -0.05) is 24.8 Å². The van der Waals surface area contributed by atoms with Gasteiger partial charge in [-0.15, -0.1) is 0 Å². The molecule has 0 N–H and O–H groups in total. The van der Waals surface area contributed by atoms with E-state index in [4.69, 9.17) is 0 Å². The predicted octanol–water partition coefficient (Wildman–Crippen LogP) is 3.54. The number of rotatable bonds is 3. The van der Waals surface area contributed by atoms with Crippen LogP contribution in [0.25, 0.3) is 5.70 Å². The van der Waals surface area contributed by atoms with Gasteiger partial charge in [0.1, 0.15) is 6.54 Å². The monoisotopic (exact) mass is 338 g/mol. The van der Waals surface area contributed by atoms with Gasteiger partial charge in [0.15, 0.2) is 0 Å². The zero-order valence-corrected chi connectivity index (χ0v) is 14.1. The molecule has 0 unspecified atom stereocenters. The lowest BCUT2D eigenvalue weighted by molar-refractivity contribution is -0.132. The number of carbonyl (C=O) groups is 2. The Hall–Kier alpha value is -2.40. The number of benzene rings is 1. The second-order valence-electron chi connectivity index (χ2n) is 6.19. The molecule has 0 radical (unpaired) electrons. The quantitative estimate of drug-likeness (QED) is 0.859. The zero-order chi connectivity index (χ0) is 16.7. The summed E-state index contributed by atoms with van der Waals surface area (Å²) in [6, 6.07) is 9.60. The maximum Gasteiger partial charge on any atom is 0.259 e. The van der Waals surface area contributed by atoms with Crippen LogP contribution in [0, 0.1) is 0 Å². The summed E-state index contributed by atoms with van der Waals surface area (Å²) < 4.78 is 0. The van der Waals surface area contributed by atoms with Gasteiger partial charge in [-0.3, -0.25) is 14.5 Å². The average Bonchev–Trinajstić information content (AvgIpc) is 3.31. The van der Waals surface area contributed by atoms with Crippen LogP contribution in [0.1, 0.15) is 40.4 Å². The van der Waals surface area contributed by atoms with Gasteiger partial charge in [-0.2, -0.15) is 11.3 Å². The largest absolute Gasteiger partial charge is 0.334 e. The normalized spacial score (nSPS) is 19.9. The summed E-state index contributed by atoms with van der Waals surface area (Å²) >= 11 is 1.65. The Kier molecular flexibility index (Phi) is 3.73. The summed E-state index contributed by atoms with van der Waals surface area (Å²) in [6.45, 7) is 4.83. The molecule has 0 aliphatic carbocycles. The van der Waals surface area contributed by atoms with Gasteiger partial charge in [0, 0.05) is 23.4 Å². The second kappa shape index (κ2) is 5.91. The molecule has 0 bridgehead atoms. The SMILES string of the molecule is C=C1c2ccccc2C(=O)N1CC(=O)N1CCC[C@H]1c1ccsc1. The van der Waals surface area contributed by atoms with E-state index in [0.717, 1.165) is 24.9 Å². The van der Waals surface area contributed by atoms with Crippen LogP contribution in [-0.4, -0.2) is 34.7 Å². The molecule has 3 heterocycles. The van der Waals surface area contributed by atoms with Crippen molar-refractivity contribution in [2.24, 2.45) is 0 Å². The predicted molar refractivity (Wildman–Crippen MR) is 94.5 cm³/mol. The van der Waals surface area contributed by atoms with Crippen LogP contribution in [0.15, 0.2) is 47.7 Å². The van der Waals surface area contributed by atoms with Crippen molar-refractivity contribution in [1.29, 1.82) is 0 Å². The maximum absolute atomic E-state index is 12.8. The van der Waals surface area contributed by atoms with Crippen molar-refractivity contribution in [2.75, 3.05) is 13.1 Å². The van der Waals surface area contributed by atoms with Gasteiger partial charge in [0.2, 0.25) is 5.91 Å². The number of fused-ring (bicyclic) bond motifs is 1. The Bertz CT molecular complexity index is 778. The number of amides is 2. The molecule has 24 heavy (non-hydrogen) atoms. The molecule has 122 valence electrons. The fraction of sp³-hybridized carbons (Fsp3) is 0.263. The topological polar surface area (TPSA) is 40.6 Å². The third kappa shape index (κ3) is 2.36. The molecule has 2 aliphatic rings. The number of thiophene rings is 1. The van der Waals surface area contributed by atoms with Gasteiger partial charge in [0.05, 0.1) is 6.04 Å². The van der Waals surface area contributed by atoms with Gasteiger partial charge in [0.25, 0.3) is 5.91 Å². The summed E-state index contributed by atoms with van der Waals surface area (Å²) in [5, 5.41) is 4.14. The third-order valence-corrected chi connectivity index (χ3v) is 5.54. The lowest BCUT2D eigenvalue weighted by Gasteiger charge is -2.27. The smallest absolute Gasteiger partial charge is 0.259 e. The fourth-order valence-electron chi connectivity index (χ4n) is 3.60. The number of carbonyl (C=O) groups excluding carboxylic acids is 2. The van der Waals surface area contributed by atoms with Gasteiger partial charge >= 0.3 is 0 Å². The van der Waals surface area contributed by atoms with Crippen LogP contribution in [0.4, 0.5) is 0 Å². The van der Waals surface area contributed by atoms with E-state index in [1.165, 1.54) is 10.5 Å². The van der Waals surface area contributed by atoms with E-state index in [0.29, 0.717) is 11.3 Å². The van der Waals surface area contributed by atoms with E-state index >= 15 is 0 Å². The molecule has 2 aromatic rings. The highest BCUT2D eigenvalue weighted by atomic mass is 32.1. The highest BCUT2D eigenvalue weighted by Crippen LogP contribution is 2.35. The lowest BCUT2D eigenvalue weighted by Crippen LogP contribution is -2.39. The van der Waals surface area contributed by atoms with E-state index in [2.05, 4.69) is 18.0 Å². The summed E-state index contributed by atoms with van der Waals surface area (Å²) in [6.07, 6.45) is 1.99. The number of hydrogen-bond donors (Lipinski definition) is 0. The van der Waals surface area contributed by atoms with Crippen LogP contribution < -0.4 is 0 Å². The van der Waals surface area contributed by atoms with Crippen molar-refractivity contribution in [1.82, 2.24) is 9.80 Å². The van der Waals surface area contributed by atoms with Crippen LogP contribution in [0.3, 0.4) is 0 Å². The van der Waals surface area contributed by atoms with Gasteiger partial charge in [-0.25, -0.2) is 0 Å². The highest BCUT2D eigenvalue weighted by molar-refractivity contribution is 7.08. The standard InChI is InChI=1S/C19H18N2O2S/c1-13-15-5-2-3-6-16(15)19(23)21(13)11-18(22)20-9-4-7-17(20)14-8-10-24-12-14/h2-3,5-6,8,10,12,17H,1,4,7,9,11H2/t17-/m0/s1. The summed E-state index contributed by atoms with van der Waals surface area (Å²) in [5.41, 5.74) is 3.27. The first kappa shape index (κ1) is 15.1. The molecule has 1 saturated heterocycles. The molecule has 0 spiro atoms. The summed E-state index contributed by atoms with van der Waals surface area (Å²) in [4.78, 5) is 28.8. The fourth-order valence-corrected chi connectivity index (χ4v) is 4.31. The summed E-state index contributed by atoms with van der Waals surface area (Å²) in [5.74, 6) is -0.138. The van der Waals surface area contributed by atoms with E-state index in [1.807, 2.05) is 28.5 Å². The number of hydrogen-bond acceptors (Lipinski definition) is 3. The van der Waals surface area contributed by atoms with Crippen molar-refractivity contribution in [3.63, 3.8) is 0 Å². The van der Waals surface area contributed by atoms with Gasteiger partial charge in [-0.05, 0) is 41.3 Å². The Balaban J connectivity index is 1.53. The number of likely N-dealkylation sites (tertiary alicyclic amines) is 1. The number of nitrogens with zero attached hydrogens (tertiary/aromatic N) is 2. The van der Waals surface area contributed by atoms with Crippen LogP contribution >= 0.6 is 11.3 Å². The van der Waals surface area contributed by atoms with Crippen molar-refractivity contribution >= 4 is 28.8 Å². The molecule has 1 aromatic heterocycles. The first-order valence-corrected chi connectivity index (χ1v) is 9.03. The molecule has 0 saturated carbocycles. The molecule has 1 fully saturated rings. The van der Waals surface area contributed by atoms with Crippen molar-refractivity contribution in [2.45, 2.75) is 18.9 Å². The molecule has 2 amide bonds. The Morgan fingerprint density at radius 3 is 2.75 bits per heavy atom. The van der Waals surface area contributed by atoms with E-state index < -0.39 is 0 Å². The average molecular weight is 338 g/mol. The van der Waals surface area contributed by atoms with Crippen LogP contribution in [0.5, 0.6) is 0 Å². The van der Waals surface area contributed by atoms with Crippen molar-refractivity contribution in [3.05, 3.63) is 64.4 Å². The van der Waals surface area contributed by atoms with E-state index in [9.17, 15) is 9.59 Å². The highest BCUT2D eigenvalue weighted by Gasteiger charge is 2.36. The minimum absolute atomic E-state index is 0.00833. The molecule has 2 aliphatic heterocycles. The first-order chi connectivity index (χ1) is 11.7. The molecule has 4 rings (SSSR count). The van der Waals surface area contributed by atoms with E-state index in [1.54, 1.807) is 17.4 Å². The van der Waals surface area contributed by atoms with Gasteiger partial charge < -0.3 is 4.90 Å². The zero-order valence-electron chi connectivity index (χ0n) is 13.3. The first-order valence-electron chi connectivity index (χ1n) is 8.08. The van der Waals surface area contributed by atoms with Crippen LogP contribution in [0.2, 0.25) is 0 Å². The van der Waals surface area contributed by atoms with Crippen LogP contribution in [-0.2, 0) is 4.79 Å². The molecule has 1 aromatic carbocycles. The lowest BCUT2D eigenvalue weighted by atomic mass is 10.1. The molecule has 5 heteroatoms. The second-order valence-corrected chi connectivity index (χ2v) is 6.97. The Morgan fingerprint density at radius 2 is 2.04 bits per heavy atom. The summed E-state index contributed by atoms with van der Waals surface area (Å²) in [7, 11) is 0. The van der Waals surface area contributed by atoms with Crippen molar-refractivity contribution in [3.8, 4) is 0 Å². The molecular formula is C19H18N2O2S. The Morgan fingerprint density at radius 1 is 1.25 bits per heavy atom. The Labute approximate surface area is 145 Å². The van der Waals surface area contributed by atoms with E-state index in [-0.39, 0.29) is 24.4 Å². The minimum Gasteiger partial charge on any atom is -0.334 e. The van der Waals surface area contributed by atoms with Crippen molar-refractivity contribution < 1.29 is 9.59 Å². The third-order valence-electron chi connectivity index (χ3n) is 4.83. The maximum atomic E-state index is 12.8. The molecule has 1 atom stereocenters. The molecular weight excluding hydrogens is 320 g/mol. The minimum atomic E-state index is -0.129.